The second-order valence-corrected chi connectivity index (χ2v) is 6.90. The van der Waals surface area contributed by atoms with Gasteiger partial charge in [-0.3, -0.25) is 14.7 Å². The monoisotopic (exact) mass is 344 g/mol. The second kappa shape index (κ2) is 8.01. The number of nitrogens with zero attached hydrogens (tertiary/aromatic N) is 2. The minimum Gasteiger partial charge on any atom is -0.359 e. The van der Waals surface area contributed by atoms with Crippen LogP contribution in [-0.4, -0.2) is 40.6 Å². The summed E-state index contributed by atoms with van der Waals surface area (Å²) in [5.74, 6) is 0.799. The van der Waals surface area contributed by atoms with Crippen LogP contribution in [0.15, 0.2) is 12.3 Å². The summed E-state index contributed by atoms with van der Waals surface area (Å²) >= 11 is 0. The molecule has 2 amide bonds. The quantitative estimate of drug-likeness (QED) is 0.558. The van der Waals surface area contributed by atoms with E-state index in [1.54, 1.807) is 12.3 Å². The normalized spacial score (nSPS) is 22.4. The topological polar surface area (TPSA) is 123 Å². The number of carbonyl (C=O) groups is 2. The predicted molar refractivity (Wildman–Crippen MR) is 91.2 cm³/mol. The molecule has 0 spiro atoms. The Kier molecular flexibility index (Phi) is 5.53. The van der Waals surface area contributed by atoms with E-state index in [0.717, 1.165) is 32.1 Å². The standard InChI is InChI=1S/C17H24N6O2/c18-10-13(9-12-2-1-6-19-16(12)24)21-17(25)14(8-11-3-4-11)22-15-5-7-20-23-15/h5,7,11-14H,1-4,6,8-9H2,(H,19,24)(H,21,25)(H2,20,22,23). The van der Waals surface area contributed by atoms with E-state index in [4.69, 9.17) is 0 Å². The first-order valence-corrected chi connectivity index (χ1v) is 8.89. The van der Waals surface area contributed by atoms with Crippen LogP contribution in [0.1, 0.15) is 38.5 Å². The fourth-order valence-corrected chi connectivity index (χ4v) is 3.20. The van der Waals surface area contributed by atoms with Crippen molar-refractivity contribution >= 4 is 17.6 Å². The van der Waals surface area contributed by atoms with Crippen LogP contribution in [0.2, 0.25) is 0 Å². The number of carbonyl (C=O) groups excluding carboxylic acids is 2. The van der Waals surface area contributed by atoms with Crippen LogP contribution in [0, 0.1) is 23.2 Å². The maximum Gasteiger partial charge on any atom is 0.243 e. The molecule has 3 rings (SSSR count). The van der Waals surface area contributed by atoms with Crippen LogP contribution in [0.3, 0.4) is 0 Å². The molecule has 1 aromatic rings. The van der Waals surface area contributed by atoms with E-state index in [1.807, 2.05) is 0 Å². The van der Waals surface area contributed by atoms with Gasteiger partial charge < -0.3 is 16.0 Å². The molecule has 8 heteroatoms. The van der Waals surface area contributed by atoms with Crippen molar-refractivity contribution in [1.82, 2.24) is 20.8 Å². The molecule has 3 unspecified atom stereocenters. The second-order valence-electron chi connectivity index (χ2n) is 6.90. The van der Waals surface area contributed by atoms with Crippen molar-refractivity contribution in [3.8, 4) is 6.07 Å². The largest absolute Gasteiger partial charge is 0.359 e. The summed E-state index contributed by atoms with van der Waals surface area (Å²) in [7, 11) is 0. The molecule has 4 N–H and O–H groups in total. The van der Waals surface area contributed by atoms with Gasteiger partial charge in [0.05, 0.1) is 12.3 Å². The molecule has 1 aliphatic heterocycles. The molecule has 0 aromatic carbocycles. The average molecular weight is 344 g/mol. The molecule has 1 aromatic heterocycles. The van der Waals surface area contributed by atoms with Crippen LogP contribution < -0.4 is 16.0 Å². The molecule has 0 bridgehead atoms. The van der Waals surface area contributed by atoms with E-state index in [9.17, 15) is 14.9 Å². The Labute approximate surface area is 146 Å². The maximum atomic E-state index is 12.7. The average Bonchev–Trinajstić information content (AvgIpc) is 3.28. The molecule has 1 saturated carbocycles. The lowest BCUT2D eigenvalue weighted by Crippen LogP contribution is -2.47. The summed E-state index contributed by atoms with van der Waals surface area (Å²) in [6.07, 6.45) is 6.65. The Morgan fingerprint density at radius 2 is 2.24 bits per heavy atom. The minimum absolute atomic E-state index is 0.0223. The number of nitriles is 1. The number of piperidine rings is 1. The summed E-state index contributed by atoms with van der Waals surface area (Å²) < 4.78 is 0. The van der Waals surface area contributed by atoms with Crippen LogP contribution in [0.5, 0.6) is 0 Å². The van der Waals surface area contributed by atoms with Crippen molar-refractivity contribution < 1.29 is 9.59 Å². The summed E-state index contributed by atoms with van der Waals surface area (Å²) in [5, 5.41) is 24.8. The third kappa shape index (κ3) is 4.95. The van der Waals surface area contributed by atoms with Gasteiger partial charge in [-0.05, 0) is 37.7 Å². The minimum atomic E-state index is -0.661. The number of aromatic amines is 1. The molecule has 1 saturated heterocycles. The zero-order chi connectivity index (χ0) is 17.6. The molecular formula is C17H24N6O2. The third-order valence-corrected chi connectivity index (χ3v) is 4.80. The Morgan fingerprint density at radius 1 is 1.40 bits per heavy atom. The first kappa shape index (κ1) is 17.3. The number of anilines is 1. The summed E-state index contributed by atoms with van der Waals surface area (Å²) in [6.45, 7) is 0.691. The SMILES string of the molecule is N#CC(CC1CCCNC1=O)NC(=O)C(CC1CC1)Nc1ccn[nH]1. The van der Waals surface area contributed by atoms with E-state index in [2.05, 4.69) is 32.2 Å². The molecule has 8 nitrogen and oxygen atoms in total. The predicted octanol–water partition coefficient (Wildman–Crippen LogP) is 0.915. The van der Waals surface area contributed by atoms with Gasteiger partial charge in [0.15, 0.2) is 0 Å². The third-order valence-electron chi connectivity index (χ3n) is 4.80. The van der Waals surface area contributed by atoms with Crippen molar-refractivity contribution in [1.29, 1.82) is 5.26 Å². The Morgan fingerprint density at radius 3 is 2.88 bits per heavy atom. The molecule has 2 aliphatic rings. The Hall–Kier alpha value is -2.56. The fraction of sp³-hybridized carbons (Fsp3) is 0.647. The molecule has 2 fully saturated rings. The highest BCUT2D eigenvalue weighted by Gasteiger charge is 2.32. The first-order valence-electron chi connectivity index (χ1n) is 8.89. The van der Waals surface area contributed by atoms with E-state index in [1.165, 1.54) is 0 Å². The molecule has 25 heavy (non-hydrogen) atoms. The lowest BCUT2D eigenvalue weighted by Gasteiger charge is -2.25. The van der Waals surface area contributed by atoms with E-state index >= 15 is 0 Å². The van der Waals surface area contributed by atoms with Crippen molar-refractivity contribution in [3.05, 3.63) is 12.3 Å². The number of hydrogen-bond acceptors (Lipinski definition) is 5. The maximum absolute atomic E-state index is 12.7. The lowest BCUT2D eigenvalue weighted by molar-refractivity contribution is -0.128. The molecular weight excluding hydrogens is 320 g/mol. The van der Waals surface area contributed by atoms with Crippen molar-refractivity contribution in [2.45, 2.75) is 50.6 Å². The zero-order valence-corrected chi connectivity index (χ0v) is 14.1. The molecule has 134 valence electrons. The highest BCUT2D eigenvalue weighted by atomic mass is 16.2. The van der Waals surface area contributed by atoms with Gasteiger partial charge in [-0.25, -0.2) is 0 Å². The van der Waals surface area contributed by atoms with Crippen LogP contribution in [-0.2, 0) is 9.59 Å². The van der Waals surface area contributed by atoms with Gasteiger partial charge in [0.2, 0.25) is 11.8 Å². The zero-order valence-electron chi connectivity index (χ0n) is 14.1. The number of nitrogens with one attached hydrogen (secondary N) is 4. The molecule has 1 aliphatic carbocycles. The van der Waals surface area contributed by atoms with Crippen molar-refractivity contribution in [2.75, 3.05) is 11.9 Å². The van der Waals surface area contributed by atoms with E-state index in [-0.39, 0.29) is 17.7 Å². The van der Waals surface area contributed by atoms with E-state index < -0.39 is 12.1 Å². The van der Waals surface area contributed by atoms with Crippen molar-refractivity contribution in [2.24, 2.45) is 11.8 Å². The molecule has 0 radical (unpaired) electrons. The van der Waals surface area contributed by atoms with Gasteiger partial charge in [0.1, 0.15) is 17.9 Å². The Balaban J connectivity index is 1.57. The fourth-order valence-electron chi connectivity index (χ4n) is 3.20. The lowest BCUT2D eigenvalue weighted by atomic mass is 9.92. The molecule has 3 atom stereocenters. The first-order chi connectivity index (χ1) is 12.2. The van der Waals surface area contributed by atoms with Gasteiger partial charge in [-0.1, -0.05) is 12.8 Å². The summed E-state index contributed by atoms with van der Waals surface area (Å²) in [6, 6.07) is 2.82. The number of rotatable bonds is 8. The van der Waals surface area contributed by atoms with Gasteiger partial charge in [-0.15, -0.1) is 0 Å². The van der Waals surface area contributed by atoms with Crippen LogP contribution >= 0.6 is 0 Å². The number of hydrogen-bond donors (Lipinski definition) is 4. The van der Waals surface area contributed by atoms with Gasteiger partial charge in [0, 0.05) is 12.5 Å². The number of amides is 2. The Bertz CT molecular complexity index is 634. The van der Waals surface area contributed by atoms with Gasteiger partial charge >= 0.3 is 0 Å². The van der Waals surface area contributed by atoms with Crippen LogP contribution in [0.4, 0.5) is 5.82 Å². The highest BCUT2D eigenvalue weighted by Crippen LogP contribution is 2.34. The number of aromatic nitrogens is 2. The van der Waals surface area contributed by atoms with Gasteiger partial charge in [-0.2, -0.15) is 10.4 Å². The highest BCUT2D eigenvalue weighted by molar-refractivity contribution is 5.85. The number of H-pyrrole nitrogens is 1. The summed E-state index contributed by atoms with van der Waals surface area (Å²) in [4.78, 5) is 24.5. The van der Waals surface area contributed by atoms with Crippen LogP contribution in [0.25, 0.3) is 0 Å². The molecule has 2 heterocycles. The van der Waals surface area contributed by atoms with Crippen molar-refractivity contribution in [3.63, 3.8) is 0 Å². The van der Waals surface area contributed by atoms with Gasteiger partial charge in [0.25, 0.3) is 0 Å². The van der Waals surface area contributed by atoms with E-state index in [0.29, 0.717) is 24.7 Å². The smallest absolute Gasteiger partial charge is 0.243 e. The summed E-state index contributed by atoms with van der Waals surface area (Å²) in [5.41, 5.74) is 0.